The van der Waals surface area contributed by atoms with Gasteiger partial charge in [0, 0.05) is 0 Å². The molecule has 0 N–H and O–H groups in total. The van der Waals surface area contributed by atoms with E-state index >= 15 is 0 Å². The van der Waals surface area contributed by atoms with Gasteiger partial charge in [0.05, 0.1) is 0 Å². The summed E-state index contributed by atoms with van der Waals surface area (Å²) in [6.45, 7) is 14.6. The second-order valence-electron chi connectivity index (χ2n) is 20.6. The fourth-order valence-electron chi connectivity index (χ4n) is 10.2. The van der Waals surface area contributed by atoms with Gasteiger partial charge in [-0.2, -0.15) is 0 Å². The van der Waals surface area contributed by atoms with Gasteiger partial charge in [-0.25, -0.2) is 0 Å². The molecule has 10 heteroatoms. The Kier molecular flexibility index (Phi) is 16.6. The van der Waals surface area contributed by atoms with Crippen molar-refractivity contribution in [2.24, 2.45) is 11.8 Å². The van der Waals surface area contributed by atoms with E-state index in [1.54, 1.807) is 0 Å². The average Bonchev–Trinajstić information content (AvgIpc) is 3.35. The number of likely N-dealkylation sites (tertiary alicyclic amines) is 2. The van der Waals surface area contributed by atoms with Crippen LogP contribution in [0.5, 0.6) is 0 Å². The zero-order chi connectivity index (χ0) is 48.5. The van der Waals surface area contributed by atoms with Crippen molar-refractivity contribution >= 4 is 96.6 Å². The fourth-order valence-corrected chi connectivity index (χ4v) is 29.8. The monoisotopic (exact) mass is 1170 g/mol. The molecular weight excluding hydrogens is 1100 g/mol. The molecule has 2 fully saturated rings. The summed E-state index contributed by atoms with van der Waals surface area (Å²) in [5.74, 6) is 1.04. The van der Waals surface area contributed by atoms with Crippen LogP contribution in [-0.2, 0) is 9.47 Å². The van der Waals surface area contributed by atoms with E-state index < -0.39 is 19.7 Å². The van der Waals surface area contributed by atoms with E-state index in [4.69, 9.17) is 9.47 Å². The van der Waals surface area contributed by atoms with Crippen LogP contribution in [0.25, 0.3) is 0 Å². The molecule has 2 saturated heterocycles. The van der Waals surface area contributed by atoms with Gasteiger partial charge in [0.15, 0.2) is 0 Å². The number of hydrogen-bond acceptors (Lipinski definition) is 4. The third kappa shape index (κ3) is 11.5. The van der Waals surface area contributed by atoms with Crippen molar-refractivity contribution < 1.29 is 19.1 Å². The van der Waals surface area contributed by atoms with Crippen molar-refractivity contribution in [2.75, 3.05) is 38.5 Å². The summed E-state index contributed by atoms with van der Waals surface area (Å²) >= 11 is 5.74. The minimum atomic E-state index is -2.78. The Morgan fingerprint density at radius 1 is 0.412 bits per heavy atom. The first-order valence-corrected chi connectivity index (χ1v) is 34.6. The number of carbonyl (C=O) groups excluding carboxylic acids is 2. The van der Waals surface area contributed by atoms with Crippen molar-refractivity contribution in [3.05, 3.63) is 182 Å². The van der Waals surface area contributed by atoms with Crippen LogP contribution in [-0.4, -0.2) is 71.7 Å². The quantitative estimate of drug-likeness (QED) is 0.101. The molecule has 0 unspecified atom stereocenters. The molecule has 68 heavy (non-hydrogen) atoms. The molecule has 0 aromatic heterocycles. The van der Waals surface area contributed by atoms with Gasteiger partial charge in [-0.05, 0) is 0 Å². The van der Waals surface area contributed by atoms with Crippen molar-refractivity contribution in [1.29, 1.82) is 0 Å². The molecule has 360 valence electrons. The van der Waals surface area contributed by atoms with Crippen molar-refractivity contribution in [2.45, 2.75) is 78.4 Å². The molecule has 6 aromatic carbocycles. The van der Waals surface area contributed by atoms with Crippen LogP contribution >= 0.6 is 52.6 Å². The average molecular weight is 1170 g/mol. The van der Waals surface area contributed by atoms with E-state index in [9.17, 15) is 9.59 Å². The van der Waals surface area contributed by atoms with Gasteiger partial charge in [0.1, 0.15) is 0 Å². The zero-order valence-corrected chi connectivity index (χ0v) is 46.8. The van der Waals surface area contributed by atoms with Crippen LogP contribution in [0.2, 0.25) is 0 Å². The van der Waals surface area contributed by atoms with Crippen molar-refractivity contribution in [3.8, 4) is 0 Å². The number of benzene rings is 6. The summed E-state index contributed by atoms with van der Waals surface area (Å²) in [6.07, 6.45) is 5.77. The molecule has 0 bridgehead atoms. The van der Waals surface area contributed by atoms with Gasteiger partial charge in [0.2, 0.25) is 0 Å². The first-order chi connectivity index (χ1) is 32.4. The van der Waals surface area contributed by atoms with E-state index in [2.05, 4.69) is 226 Å². The van der Waals surface area contributed by atoms with E-state index in [0.717, 1.165) is 64.2 Å². The van der Waals surface area contributed by atoms with Gasteiger partial charge in [-0.1, -0.05) is 0 Å². The predicted octanol–water partition coefficient (Wildman–Crippen LogP) is 13.0. The summed E-state index contributed by atoms with van der Waals surface area (Å²) in [7, 11) is 0. The van der Waals surface area contributed by atoms with Crippen LogP contribution in [0, 0.1) is 11.8 Å². The molecule has 8 rings (SSSR count). The van der Waals surface area contributed by atoms with Gasteiger partial charge in [0.25, 0.3) is 0 Å². The Morgan fingerprint density at radius 3 is 0.779 bits per heavy atom. The van der Waals surface area contributed by atoms with Crippen LogP contribution in [0.15, 0.2) is 182 Å². The number of halogens is 2. The Balaban J connectivity index is 0.000000201. The summed E-state index contributed by atoms with van der Waals surface area (Å²) in [6, 6.07) is 66.6. The summed E-state index contributed by atoms with van der Waals surface area (Å²) < 4.78 is 5.71. The van der Waals surface area contributed by atoms with E-state index in [1.807, 2.05) is 51.3 Å². The van der Waals surface area contributed by atoms with Gasteiger partial charge in [-0.3, -0.25) is 0 Å². The number of hydrogen-bond donors (Lipinski definition) is 0. The first kappa shape index (κ1) is 52.0. The summed E-state index contributed by atoms with van der Waals surface area (Å²) in [4.78, 5) is 29.1. The Hall–Kier alpha value is -3.82. The Morgan fingerprint density at radius 2 is 0.603 bits per heavy atom. The number of amides is 2. The Bertz CT molecular complexity index is 2160. The zero-order valence-electron chi connectivity index (χ0n) is 40.7. The predicted molar refractivity (Wildman–Crippen MR) is 309 cm³/mol. The second kappa shape index (κ2) is 21.7. The molecule has 0 atom stereocenters. The summed E-state index contributed by atoms with van der Waals surface area (Å²) in [5.41, 5.74) is -0.925. The summed E-state index contributed by atoms with van der Waals surface area (Å²) in [5, 5.41) is 8.51. The normalized spacial score (nSPS) is 16.5. The standard InChI is InChI=1S/2C29H35INO2P/c2*1-29(2,3)33-28(32)31-21-19-24(20-22-31)23-34(30,25-13-7-4-8-14-25,26-15-9-5-10-16-26)27-17-11-6-12-18-27/h2*4-18,24H,19-23H2,1-3H3. The van der Waals surface area contributed by atoms with Crippen molar-refractivity contribution in [1.82, 2.24) is 9.80 Å². The van der Waals surface area contributed by atoms with Crippen LogP contribution < -0.4 is 31.8 Å². The molecule has 2 amide bonds. The topological polar surface area (TPSA) is 59.1 Å². The van der Waals surface area contributed by atoms with Gasteiger partial charge >= 0.3 is 436 Å². The molecule has 0 spiro atoms. The maximum atomic E-state index is 12.6. The molecule has 2 aliphatic rings. The van der Waals surface area contributed by atoms with Crippen LogP contribution in [0.3, 0.4) is 0 Å². The first-order valence-electron chi connectivity index (χ1n) is 24.2. The van der Waals surface area contributed by atoms with Gasteiger partial charge in [-0.15, -0.1) is 0 Å². The molecule has 2 aliphatic heterocycles. The fraction of sp³-hybridized carbons (Fsp3) is 0.345. The third-order valence-corrected chi connectivity index (χ3v) is 36.5. The van der Waals surface area contributed by atoms with Crippen LogP contribution in [0.4, 0.5) is 9.59 Å². The Labute approximate surface area is 432 Å². The number of ether oxygens (including phenoxy) is 2. The van der Waals surface area contributed by atoms with Crippen molar-refractivity contribution in [3.63, 3.8) is 0 Å². The molecule has 6 aromatic rings. The minimum absolute atomic E-state index is 0.188. The van der Waals surface area contributed by atoms with E-state index in [-0.39, 0.29) is 12.2 Å². The third-order valence-electron chi connectivity index (χ3n) is 13.5. The molecule has 0 aliphatic carbocycles. The van der Waals surface area contributed by atoms with Crippen LogP contribution in [0.1, 0.15) is 67.2 Å². The maximum absolute atomic E-state index is 12.6. The van der Waals surface area contributed by atoms with Gasteiger partial charge < -0.3 is 0 Å². The number of carbonyl (C=O) groups is 2. The number of piperidine rings is 2. The molecule has 6 nitrogen and oxygen atoms in total. The SMILES string of the molecule is CC(C)(C)OC(=O)N1CCC(CP(I)(c2ccccc2)(c2ccccc2)c2ccccc2)CC1.CC(C)(C)OC(=O)N1CCC(CP(I)(c2ccccc2)(c2ccccc2)c2ccccc2)CC1. The molecular formula is C58H70I2N2O4P2. The number of rotatable bonds is 10. The molecule has 2 heterocycles. The molecule has 0 radical (unpaired) electrons. The number of nitrogens with zero attached hydrogens (tertiary/aromatic N) is 2. The second-order valence-corrected chi connectivity index (χ2v) is 41.9. The van der Waals surface area contributed by atoms with E-state index in [0.29, 0.717) is 11.8 Å². The van der Waals surface area contributed by atoms with E-state index in [1.165, 1.54) is 31.8 Å². The molecule has 0 saturated carbocycles.